The van der Waals surface area contributed by atoms with E-state index in [-0.39, 0.29) is 16.1 Å². The van der Waals surface area contributed by atoms with Crippen LogP contribution < -0.4 is 0 Å². The van der Waals surface area contributed by atoms with Crippen molar-refractivity contribution in [3.63, 3.8) is 0 Å². The van der Waals surface area contributed by atoms with Crippen LogP contribution in [0.2, 0.25) is 0 Å². The Morgan fingerprint density at radius 3 is 2.50 bits per heavy atom. The third-order valence-electron chi connectivity index (χ3n) is 1.61. The molecule has 1 aliphatic heterocycles. The molecule has 0 radical (unpaired) electrons. The molecule has 1 unspecified atom stereocenters. The van der Waals surface area contributed by atoms with Crippen LogP contribution in [-0.2, 0) is 4.79 Å². The van der Waals surface area contributed by atoms with Crippen molar-refractivity contribution in [2.75, 3.05) is 0 Å². The zero-order valence-electron chi connectivity index (χ0n) is 7.34. The second-order valence-electron chi connectivity index (χ2n) is 3.71. The van der Waals surface area contributed by atoms with Gasteiger partial charge in [0.1, 0.15) is 11.2 Å². The standard InChI is InChI=1S/C8H11BrN2O/c1-8(2,3)6-5(9)7(12)11-4-10-6/h4-5H,1-3H3. The van der Waals surface area contributed by atoms with Gasteiger partial charge in [0.2, 0.25) is 0 Å². The van der Waals surface area contributed by atoms with Gasteiger partial charge < -0.3 is 0 Å². The number of carbonyl (C=O) groups is 1. The molecule has 0 spiro atoms. The van der Waals surface area contributed by atoms with E-state index in [0.717, 1.165) is 5.71 Å². The van der Waals surface area contributed by atoms with Crippen LogP contribution in [-0.4, -0.2) is 22.8 Å². The summed E-state index contributed by atoms with van der Waals surface area (Å²) in [5.41, 5.74) is 0.749. The molecular weight excluding hydrogens is 220 g/mol. The molecule has 1 rings (SSSR count). The Labute approximate surface area is 80.1 Å². The minimum absolute atomic E-state index is 0.0870. The lowest BCUT2D eigenvalue weighted by atomic mass is 9.87. The Hall–Kier alpha value is -0.510. The van der Waals surface area contributed by atoms with Gasteiger partial charge >= 0.3 is 0 Å². The van der Waals surface area contributed by atoms with Crippen molar-refractivity contribution >= 4 is 33.9 Å². The van der Waals surface area contributed by atoms with Gasteiger partial charge in [-0.25, -0.2) is 9.98 Å². The maximum Gasteiger partial charge on any atom is 0.266 e. The van der Waals surface area contributed by atoms with E-state index in [1.807, 2.05) is 20.8 Å². The van der Waals surface area contributed by atoms with E-state index < -0.39 is 0 Å². The van der Waals surface area contributed by atoms with Crippen LogP contribution in [0.15, 0.2) is 9.98 Å². The molecule has 0 bridgehead atoms. The Bertz CT molecular complexity index is 263. The lowest BCUT2D eigenvalue weighted by Crippen LogP contribution is -2.35. The van der Waals surface area contributed by atoms with Crippen molar-refractivity contribution in [2.45, 2.75) is 25.6 Å². The van der Waals surface area contributed by atoms with Crippen molar-refractivity contribution in [1.82, 2.24) is 0 Å². The maximum atomic E-state index is 11.1. The van der Waals surface area contributed by atoms with Gasteiger partial charge in [-0.05, 0) is 0 Å². The fourth-order valence-electron chi connectivity index (χ4n) is 0.970. The summed E-state index contributed by atoms with van der Waals surface area (Å²) in [7, 11) is 0. The van der Waals surface area contributed by atoms with Gasteiger partial charge in [-0.1, -0.05) is 36.7 Å². The van der Waals surface area contributed by atoms with E-state index in [1.165, 1.54) is 6.34 Å². The van der Waals surface area contributed by atoms with Crippen LogP contribution in [0.25, 0.3) is 0 Å². The number of rotatable bonds is 0. The minimum Gasteiger partial charge on any atom is -0.271 e. The average molecular weight is 231 g/mol. The fraction of sp³-hybridized carbons (Fsp3) is 0.625. The number of alkyl halides is 1. The summed E-state index contributed by atoms with van der Waals surface area (Å²) in [5.74, 6) is -0.171. The summed E-state index contributed by atoms with van der Waals surface area (Å²) in [6, 6.07) is 0. The maximum absolute atomic E-state index is 11.1. The molecule has 0 saturated carbocycles. The summed E-state index contributed by atoms with van der Waals surface area (Å²) in [5, 5.41) is 0. The van der Waals surface area contributed by atoms with E-state index >= 15 is 0 Å². The number of halogens is 1. The Balaban J connectivity index is 2.98. The highest BCUT2D eigenvalue weighted by molar-refractivity contribution is 9.10. The lowest BCUT2D eigenvalue weighted by Gasteiger charge is -2.24. The lowest BCUT2D eigenvalue weighted by molar-refractivity contribution is -0.116. The predicted octanol–water partition coefficient (Wildman–Crippen LogP) is 1.81. The third kappa shape index (κ3) is 1.80. The number of carbonyl (C=O) groups excluding carboxylic acids is 1. The minimum atomic E-state index is -0.345. The van der Waals surface area contributed by atoms with Crippen LogP contribution in [0.5, 0.6) is 0 Å². The Morgan fingerprint density at radius 2 is 2.08 bits per heavy atom. The zero-order chi connectivity index (χ0) is 9.35. The second-order valence-corrected chi connectivity index (χ2v) is 4.63. The molecule has 0 aliphatic carbocycles. The van der Waals surface area contributed by atoms with Crippen molar-refractivity contribution in [3.05, 3.63) is 0 Å². The van der Waals surface area contributed by atoms with E-state index in [4.69, 9.17) is 0 Å². The summed E-state index contributed by atoms with van der Waals surface area (Å²) in [4.78, 5) is 18.4. The molecule has 12 heavy (non-hydrogen) atoms. The quantitative estimate of drug-likeness (QED) is 0.586. The average Bonchev–Trinajstić information content (AvgIpc) is 1.92. The topological polar surface area (TPSA) is 41.8 Å². The van der Waals surface area contributed by atoms with E-state index in [0.29, 0.717) is 0 Å². The highest BCUT2D eigenvalue weighted by Crippen LogP contribution is 2.24. The smallest absolute Gasteiger partial charge is 0.266 e. The van der Waals surface area contributed by atoms with Gasteiger partial charge in [0.25, 0.3) is 5.91 Å². The van der Waals surface area contributed by atoms with E-state index in [2.05, 4.69) is 25.9 Å². The van der Waals surface area contributed by atoms with Crippen molar-refractivity contribution in [3.8, 4) is 0 Å². The van der Waals surface area contributed by atoms with Crippen LogP contribution >= 0.6 is 15.9 Å². The summed E-state index contributed by atoms with van der Waals surface area (Å²) in [6.45, 7) is 6.06. The highest BCUT2D eigenvalue weighted by Gasteiger charge is 2.31. The molecule has 0 aromatic carbocycles. The van der Waals surface area contributed by atoms with Gasteiger partial charge in [-0.15, -0.1) is 0 Å². The third-order valence-corrected chi connectivity index (χ3v) is 2.43. The van der Waals surface area contributed by atoms with Crippen LogP contribution in [0.4, 0.5) is 0 Å². The molecule has 0 saturated heterocycles. The van der Waals surface area contributed by atoms with Gasteiger partial charge in [0.15, 0.2) is 0 Å². The molecule has 0 aromatic rings. The van der Waals surface area contributed by atoms with Crippen LogP contribution in [0.3, 0.4) is 0 Å². The number of hydrogen-bond donors (Lipinski definition) is 0. The van der Waals surface area contributed by atoms with Crippen LogP contribution in [0.1, 0.15) is 20.8 Å². The largest absolute Gasteiger partial charge is 0.271 e. The van der Waals surface area contributed by atoms with Gasteiger partial charge in [0, 0.05) is 11.1 Å². The van der Waals surface area contributed by atoms with Crippen molar-refractivity contribution in [2.24, 2.45) is 15.4 Å². The van der Waals surface area contributed by atoms with E-state index in [1.54, 1.807) is 0 Å². The second kappa shape index (κ2) is 3.09. The number of hydrogen-bond acceptors (Lipinski definition) is 2. The zero-order valence-corrected chi connectivity index (χ0v) is 8.92. The molecule has 0 N–H and O–H groups in total. The summed E-state index contributed by atoms with van der Waals surface area (Å²) in [6.07, 6.45) is 1.32. The number of amides is 1. The predicted molar refractivity (Wildman–Crippen MR) is 53.1 cm³/mol. The van der Waals surface area contributed by atoms with Crippen molar-refractivity contribution < 1.29 is 4.79 Å². The number of nitrogens with zero attached hydrogens (tertiary/aromatic N) is 2. The molecule has 1 amide bonds. The molecule has 1 aliphatic rings. The first kappa shape index (κ1) is 9.58. The molecule has 0 fully saturated rings. The van der Waals surface area contributed by atoms with Crippen LogP contribution in [0, 0.1) is 5.41 Å². The monoisotopic (exact) mass is 230 g/mol. The molecule has 0 aromatic heterocycles. The SMILES string of the molecule is CC(C)(C)C1=NC=NC(=O)C1Br. The molecule has 4 heteroatoms. The molecule has 66 valence electrons. The number of aliphatic imine (C=N–C) groups is 2. The molecule has 1 atom stereocenters. The molecular formula is C8H11BrN2O. The first-order valence-corrected chi connectivity index (χ1v) is 4.63. The fourth-order valence-corrected chi connectivity index (χ4v) is 1.89. The Morgan fingerprint density at radius 1 is 1.50 bits per heavy atom. The van der Waals surface area contributed by atoms with E-state index in [9.17, 15) is 4.79 Å². The highest BCUT2D eigenvalue weighted by atomic mass is 79.9. The van der Waals surface area contributed by atoms with Gasteiger partial charge in [-0.2, -0.15) is 0 Å². The normalized spacial score (nSPS) is 24.2. The Kier molecular flexibility index (Phi) is 2.46. The van der Waals surface area contributed by atoms with Crippen molar-refractivity contribution in [1.29, 1.82) is 0 Å². The first-order valence-electron chi connectivity index (χ1n) is 3.71. The molecule has 3 nitrogen and oxygen atoms in total. The molecule has 1 heterocycles. The first-order chi connectivity index (χ1) is 5.43. The summed E-state index contributed by atoms with van der Waals surface area (Å²) < 4.78 is 0. The van der Waals surface area contributed by atoms with Gasteiger partial charge in [0.05, 0.1) is 0 Å². The summed E-state index contributed by atoms with van der Waals surface area (Å²) >= 11 is 3.26. The van der Waals surface area contributed by atoms with Gasteiger partial charge in [-0.3, -0.25) is 4.79 Å².